The lowest BCUT2D eigenvalue weighted by Crippen LogP contribution is -2.13. The molecule has 4 aromatic rings. The highest BCUT2D eigenvalue weighted by atomic mass is 16.5. The lowest BCUT2D eigenvalue weighted by molar-refractivity contribution is -0.111. The minimum absolute atomic E-state index is 0.278. The third-order valence-electron chi connectivity index (χ3n) is 5.49. The first-order valence-electron chi connectivity index (χ1n) is 12.2. The summed E-state index contributed by atoms with van der Waals surface area (Å²) in [7, 11) is 3.86. The molecule has 0 saturated heterocycles. The lowest BCUT2D eigenvalue weighted by Gasteiger charge is -2.16. The van der Waals surface area contributed by atoms with Crippen molar-refractivity contribution >= 4 is 33.9 Å². The molecule has 0 spiro atoms. The Kier molecular flexibility index (Phi) is 8.54. The second-order valence-corrected chi connectivity index (χ2v) is 8.68. The second kappa shape index (κ2) is 12.4. The van der Waals surface area contributed by atoms with E-state index in [4.69, 9.17) is 9.47 Å². The van der Waals surface area contributed by atoms with E-state index in [1.807, 2.05) is 80.5 Å². The standard InChI is InChI=1S/C30H29N5O3/c1-4-37-28-18-26-25(17-27(28)34-29(36)11-8-16-35(2)3)30(21(19-31)20-32-26)33-22-12-14-24(15-13-22)38-23-9-6-5-7-10-23/h5-15,17-18,20H,4,16H2,1-3H3,(H,32,33)(H,34,36)/b11-8+. The van der Waals surface area contributed by atoms with Crippen LogP contribution in [0.1, 0.15) is 12.5 Å². The minimum atomic E-state index is -0.278. The number of hydrogen-bond acceptors (Lipinski definition) is 7. The van der Waals surface area contributed by atoms with Gasteiger partial charge in [-0.15, -0.1) is 0 Å². The zero-order valence-corrected chi connectivity index (χ0v) is 21.6. The summed E-state index contributed by atoms with van der Waals surface area (Å²) < 4.78 is 11.7. The number of aromatic nitrogens is 1. The minimum Gasteiger partial charge on any atom is -0.492 e. The van der Waals surface area contributed by atoms with Crippen molar-refractivity contribution in [2.45, 2.75) is 6.92 Å². The van der Waals surface area contributed by atoms with E-state index in [-0.39, 0.29) is 5.91 Å². The topological polar surface area (TPSA) is 99.5 Å². The molecule has 0 fully saturated rings. The van der Waals surface area contributed by atoms with Crippen LogP contribution in [0.5, 0.6) is 17.2 Å². The van der Waals surface area contributed by atoms with E-state index in [1.165, 1.54) is 12.3 Å². The maximum atomic E-state index is 12.6. The maximum Gasteiger partial charge on any atom is 0.248 e. The number of rotatable bonds is 10. The van der Waals surface area contributed by atoms with Crippen LogP contribution in [0.3, 0.4) is 0 Å². The van der Waals surface area contributed by atoms with Gasteiger partial charge in [0.1, 0.15) is 23.3 Å². The normalized spacial score (nSPS) is 10.9. The summed E-state index contributed by atoms with van der Waals surface area (Å²) in [6.45, 7) is 2.93. The van der Waals surface area contributed by atoms with Crippen LogP contribution in [0, 0.1) is 11.3 Å². The highest BCUT2D eigenvalue weighted by molar-refractivity contribution is 6.04. The van der Waals surface area contributed by atoms with E-state index in [0.29, 0.717) is 52.5 Å². The zero-order chi connectivity index (χ0) is 26.9. The highest BCUT2D eigenvalue weighted by Gasteiger charge is 2.15. The average Bonchev–Trinajstić information content (AvgIpc) is 2.91. The monoisotopic (exact) mass is 507 g/mol. The fourth-order valence-electron chi connectivity index (χ4n) is 3.73. The molecule has 8 heteroatoms. The molecular formula is C30H29N5O3. The Morgan fingerprint density at radius 2 is 1.82 bits per heavy atom. The molecule has 38 heavy (non-hydrogen) atoms. The number of fused-ring (bicyclic) bond motifs is 1. The number of nitrogens with zero attached hydrogens (tertiary/aromatic N) is 3. The molecule has 0 aliphatic rings. The van der Waals surface area contributed by atoms with Gasteiger partial charge in [-0.25, -0.2) is 0 Å². The van der Waals surface area contributed by atoms with Crippen molar-refractivity contribution in [3.8, 4) is 23.3 Å². The van der Waals surface area contributed by atoms with Crippen LogP contribution >= 0.6 is 0 Å². The number of likely N-dealkylation sites (N-methyl/N-ethyl adjacent to an activating group) is 1. The SMILES string of the molecule is CCOc1cc2ncc(C#N)c(Nc3ccc(Oc4ccccc4)cc3)c2cc1NC(=O)/C=C/CN(C)C. The number of nitriles is 1. The van der Waals surface area contributed by atoms with E-state index < -0.39 is 0 Å². The first-order chi connectivity index (χ1) is 18.5. The molecule has 1 amide bonds. The number of para-hydroxylation sites is 1. The Labute approximate surface area is 222 Å². The number of hydrogen-bond donors (Lipinski definition) is 2. The van der Waals surface area contributed by atoms with Crippen molar-refractivity contribution in [2.24, 2.45) is 0 Å². The fraction of sp³-hybridized carbons (Fsp3) is 0.167. The molecule has 0 aliphatic heterocycles. The van der Waals surface area contributed by atoms with Gasteiger partial charge >= 0.3 is 0 Å². The molecule has 0 saturated carbocycles. The third kappa shape index (κ3) is 6.66. The van der Waals surface area contributed by atoms with Gasteiger partial charge in [-0.3, -0.25) is 9.78 Å². The average molecular weight is 508 g/mol. The van der Waals surface area contributed by atoms with Gasteiger partial charge in [0.15, 0.2) is 0 Å². The second-order valence-electron chi connectivity index (χ2n) is 8.68. The first-order valence-corrected chi connectivity index (χ1v) is 12.2. The first kappa shape index (κ1) is 26.2. The molecule has 0 atom stereocenters. The van der Waals surface area contributed by atoms with E-state index in [0.717, 1.165) is 11.4 Å². The smallest absolute Gasteiger partial charge is 0.248 e. The third-order valence-corrected chi connectivity index (χ3v) is 5.49. The number of carbonyl (C=O) groups is 1. The van der Waals surface area contributed by atoms with Gasteiger partial charge in [0.2, 0.25) is 5.91 Å². The van der Waals surface area contributed by atoms with Crippen LogP contribution in [-0.2, 0) is 4.79 Å². The van der Waals surface area contributed by atoms with Crippen LogP contribution in [0.2, 0.25) is 0 Å². The van der Waals surface area contributed by atoms with Crippen LogP contribution in [0.25, 0.3) is 10.9 Å². The summed E-state index contributed by atoms with van der Waals surface area (Å²) in [6, 6.07) is 22.7. The molecule has 2 N–H and O–H groups in total. The Hall–Kier alpha value is -4.87. The van der Waals surface area contributed by atoms with Crippen molar-refractivity contribution in [1.82, 2.24) is 9.88 Å². The van der Waals surface area contributed by atoms with Gasteiger partial charge in [-0.05, 0) is 63.5 Å². The fourth-order valence-corrected chi connectivity index (χ4v) is 3.73. The molecule has 1 heterocycles. The Balaban J connectivity index is 1.65. The van der Waals surface area contributed by atoms with Gasteiger partial charge < -0.3 is 25.0 Å². The molecule has 0 bridgehead atoms. The molecule has 8 nitrogen and oxygen atoms in total. The predicted molar refractivity (Wildman–Crippen MR) is 150 cm³/mol. The Morgan fingerprint density at radius 3 is 2.50 bits per heavy atom. The number of pyridine rings is 1. The molecule has 0 aliphatic carbocycles. The quantitative estimate of drug-likeness (QED) is 0.250. The van der Waals surface area contributed by atoms with Gasteiger partial charge in [0.05, 0.1) is 29.1 Å². The largest absolute Gasteiger partial charge is 0.492 e. The number of nitrogens with one attached hydrogen (secondary N) is 2. The number of ether oxygens (including phenoxy) is 2. The van der Waals surface area contributed by atoms with E-state index in [1.54, 1.807) is 18.2 Å². The Bertz CT molecular complexity index is 1480. The van der Waals surface area contributed by atoms with E-state index in [2.05, 4.69) is 21.7 Å². The summed E-state index contributed by atoms with van der Waals surface area (Å²) >= 11 is 0. The van der Waals surface area contributed by atoms with Crippen LogP contribution in [0.15, 0.2) is 85.1 Å². The molecule has 1 aromatic heterocycles. The Morgan fingerprint density at radius 1 is 1.08 bits per heavy atom. The number of benzene rings is 3. The number of carbonyl (C=O) groups excluding carboxylic acids is 1. The summed E-state index contributed by atoms with van der Waals surface area (Å²) in [5.74, 6) is 1.66. The molecule has 4 rings (SSSR count). The number of amides is 1. The van der Waals surface area contributed by atoms with Gasteiger partial charge in [0.25, 0.3) is 0 Å². The molecule has 192 valence electrons. The van der Waals surface area contributed by atoms with Gasteiger partial charge in [0, 0.05) is 36.0 Å². The lowest BCUT2D eigenvalue weighted by atomic mass is 10.1. The van der Waals surface area contributed by atoms with Gasteiger partial charge in [-0.2, -0.15) is 5.26 Å². The van der Waals surface area contributed by atoms with Crippen LogP contribution < -0.4 is 20.1 Å². The van der Waals surface area contributed by atoms with Crippen molar-refractivity contribution in [2.75, 3.05) is 37.9 Å². The molecular weight excluding hydrogens is 478 g/mol. The number of anilines is 3. The summed E-state index contributed by atoms with van der Waals surface area (Å²) in [6.07, 6.45) is 4.79. The summed E-state index contributed by atoms with van der Waals surface area (Å²) in [5.41, 5.74) is 2.83. The zero-order valence-electron chi connectivity index (χ0n) is 21.6. The summed E-state index contributed by atoms with van der Waals surface area (Å²) in [4.78, 5) is 19.0. The summed E-state index contributed by atoms with van der Waals surface area (Å²) in [5, 5.41) is 16.7. The van der Waals surface area contributed by atoms with Crippen molar-refractivity contribution in [3.63, 3.8) is 0 Å². The van der Waals surface area contributed by atoms with Crippen LogP contribution in [-0.4, -0.2) is 43.0 Å². The van der Waals surface area contributed by atoms with Gasteiger partial charge in [-0.1, -0.05) is 24.3 Å². The maximum absolute atomic E-state index is 12.6. The highest BCUT2D eigenvalue weighted by Crippen LogP contribution is 2.36. The predicted octanol–water partition coefficient (Wildman–Crippen LogP) is 6.10. The van der Waals surface area contributed by atoms with E-state index in [9.17, 15) is 10.1 Å². The molecule has 3 aromatic carbocycles. The molecule has 0 unspecified atom stereocenters. The van der Waals surface area contributed by atoms with Crippen molar-refractivity contribution in [1.29, 1.82) is 5.26 Å². The van der Waals surface area contributed by atoms with Crippen molar-refractivity contribution < 1.29 is 14.3 Å². The van der Waals surface area contributed by atoms with Crippen LogP contribution in [0.4, 0.5) is 17.1 Å². The van der Waals surface area contributed by atoms with Crippen molar-refractivity contribution in [3.05, 3.63) is 90.6 Å². The van der Waals surface area contributed by atoms with E-state index >= 15 is 0 Å². The molecule has 0 radical (unpaired) electrons.